The maximum absolute atomic E-state index is 11.0. The maximum atomic E-state index is 11.0. The third kappa shape index (κ3) is 1.83. The van der Waals surface area contributed by atoms with Crippen LogP contribution in [0.25, 0.3) is 10.9 Å². The molecule has 94 valence electrons. The lowest BCUT2D eigenvalue weighted by Crippen LogP contribution is -2.29. The highest BCUT2D eigenvalue weighted by molar-refractivity contribution is 5.99. The highest BCUT2D eigenvalue weighted by atomic mass is 16.4. The average Bonchev–Trinajstić information content (AvgIpc) is 2.83. The van der Waals surface area contributed by atoms with Crippen molar-refractivity contribution in [2.45, 2.75) is 19.3 Å². The first kappa shape index (κ1) is 11.1. The van der Waals surface area contributed by atoms with Gasteiger partial charge < -0.3 is 15.0 Å². The minimum atomic E-state index is -0.907. The summed E-state index contributed by atoms with van der Waals surface area (Å²) in [6.45, 7) is 2.12. The van der Waals surface area contributed by atoms with Crippen molar-refractivity contribution >= 4 is 22.6 Å². The predicted molar refractivity (Wildman–Crippen MR) is 71.3 cm³/mol. The van der Waals surface area contributed by atoms with Crippen LogP contribution in [0.3, 0.4) is 0 Å². The Kier molecular flexibility index (Phi) is 2.70. The molecule has 0 bridgehead atoms. The normalized spacial score (nSPS) is 16.1. The van der Waals surface area contributed by atoms with E-state index in [0.717, 1.165) is 29.7 Å². The fourth-order valence-corrected chi connectivity index (χ4v) is 2.66. The first-order valence-corrected chi connectivity index (χ1v) is 6.36. The van der Waals surface area contributed by atoms with Gasteiger partial charge in [-0.1, -0.05) is 6.07 Å². The molecular formula is C14H16N2O2. The maximum Gasteiger partial charge on any atom is 0.352 e. The number of H-pyrrole nitrogens is 1. The van der Waals surface area contributed by atoms with Gasteiger partial charge in [0, 0.05) is 29.7 Å². The number of carboxylic acids is 1. The Morgan fingerprint density at radius 1 is 1.22 bits per heavy atom. The van der Waals surface area contributed by atoms with E-state index >= 15 is 0 Å². The number of nitrogens with zero attached hydrogens (tertiary/aromatic N) is 1. The summed E-state index contributed by atoms with van der Waals surface area (Å²) in [6.07, 6.45) is 3.72. The number of carboxylic acid groups (broad SMARTS) is 1. The fraction of sp³-hybridized carbons (Fsp3) is 0.357. The van der Waals surface area contributed by atoms with E-state index in [1.165, 1.54) is 19.3 Å². The van der Waals surface area contributed by atoms with Crippen LogP contribution in [0.2, 0.25) is 0 Å². The fourth-order valence-electron chi connectivity index (χ4n) is 2.66. The molecule has 2 heterocycles. The molecule has 18 heavy (non-hydrogen) atoms. The van der Waals surface area contributed by atoms with Gasteiger partial charge in [-0.3, -0.25) is 0 Å². The summed E-state index contributed by atoms with van der Waals surface area (Å²) < 4.78 is 0. The van der Waals surface area contributed by atoms with Crippen molar-refractivity contribution in [3.63, 3.8) is 0 Å². The van der Waals surface area contributed by atoms with E-state index in [0.29, 0.717) is 0 Å². The van der Waals surface area contributed by atoms with Crippen LogP contribution < -0.4 is 4.90 Å². The van der Waals surface area contributed by atoms with Gasteiger partial charge in [0.1, 0.15) is 5.69 Å². The van der Waals surface area contributed by atoms with Crippen LogP contribution in [0.4, 0.5) is 5.69 Å². The van der Waals surface area contributed by atoms with E-state index in [1.807, 2.05) is 12.1 Å². The molecule has 0 amide bonds. The Labute approximate surface area is 105 Å². The smallest absolute Gasteiger partial charge is 0.352 e. The molecule has 0 radical (unpaired) electrons. The third-order valence-electron chi connectivity index (χ3n) is 3.57. The molecule has 0 spiro atoms. The lowest BCUT2D eigenvalue weighted by atomic mass is 10.1. The van der Waals surface area contributed by atoms with Gasteiger partial charge in [0.05, 0.1) is 0 Å². The summed E-state index contributed by atoms with van der Waals surface area (Å²) in [5.41, 5.74) is 2.31. The first-order valence-electron chi connectivity index (χ1n) is 6.36. The second-order valence-corrected chi connectivity index (χ2v) is 4.77. The van der Waals surface area contributed by atoms with Crippen LogP contribution in [-0.2, 0) is 0 Å². The molecule has 2 N–H and O–H groups in total. The third-order valence-corrected chi connectivity index (χ3v) is 3.57. The summed E-state index contributed by atoms with van der Waals surface area (Å²) in [7, 11) is 0. The number of piperidine rings is 1. The molecule has 0 unspecified atom stereocenters. The van der Waals surface area contributed by atoms with E-state index in [2.05, 4.69) is 16.0 Å². The SMILES string of the molecule is O=C(O)c1cc2c(N3CCCCC3)cccc2[nH]1. The number of hydrogen-bond acceptors (Lipinski definition) is 2. The molecular weight excluding hydrogens is 228 g/mol. The molecule has 4 nitrogen and oxygen atoms in total. The second kappa shape index (κ2) is 4.37. The summed E-state index contributed by atoms with van der Waals surface area (Å²) >= 11 is 0. The number of carbonyl (C=O) groups is 1. The van der Waals surface area contributed by atoms with Gasteiger partial charge in [-0.25, -0.2) is 4.79 Å². The zero-order chi connectivity index (χ0) is 12.5. The van der Waals surface area contributed by atoms with E-state index in [1.54, 1.807) is 6.07 Å². The van der Waals surface area contributed by atoms with Crippen molar-refractivity contribution in [1.29, 1.82) is 0 Å². The summed E-state index contributed by atoms with van der Waals surface area (Å²) in [5.74, 6) is -0.907. The van der Waals surface area contributed by atoms with Crippen molar-refractivity contribution in [2.75, 3.05) is 18.0 Å². The molecule has 4 heteroatoms. The van der Waals surface area contributed by atoms with E-state index in [4.69, 9.17) is 5.11 Å². The van der Waals surface area contributed by atoms with Crippen molar-refractivity contribution in [2.24, 2.45) is 0 Å². The minimum absolute atomic E-state index is 0.259. The predicted octanol–water partition coefficient (Wildman–Crippen LogP) is 2.86. The van der Waals surface area contributed by atoms with Crippen LogP contribution >= 0.6 is 0 Å². The summed E-state index contributed by atoms with van der Waals surface area (Å²) in [4.78, 5) is 16.3. The number of anilines is 1. The molecule has 1 fully saturated rings. The number of fused-ring (bicyclic) bond motifs is 1. The number of nitrogens with one attached hydrogen (secondary N) is 1. The number of aromatic nitrogens is 1. The molecule has 0 aliphatic carbocycles. The van der Waals surface area contributed by atoms with Crippen molar-refractivity contribution in [3.05, 3.63) is 30.0 Å². The van der Waals surface area contributed by atoms with Gasteiger partial charge in [-0.15, -0.1) is 0 Å². The van der Waals surface area contributed by atoms with Gasteiger partial charge in [0.15, 0.2) is 0 Å². The monoisotopic (exact) mass is 244 g/mol. The number of hydrogen-bond donors (Lipinski definition) is 2. The molecule has 1 aliphatic heterocycles. The van der Waals surface area contributed by atoms with Crippen LogP contribution in [0, 0.1) is 0 Å². The van der Waals surface area contributed by atoms with Crippen molar-refractivity contribution in [3.8, 4) is 0 Å². The van der Waals surface area contributed by atoms with Crippen LogP contribution in [0.15, 0.2) is 24.3 Å². The molecule has 1 aromatic carbocycles. The Morgan fingerprint density at radius 3 is 2.72 bits per heavy atom. The first-order chi connectivity index (χ1) is 8.75. The van der Waals surface area contributed by atoms with Crippen LogP contribution in [0.1, 0.15) is 29.8 Å². The largest absolute Gasteiger partial charge is 0.477 e. The van der Waals surface area contributed by atoms with Gasteiger partial charge in [-0.05, 0) is 37.5 Å². The molecule has 1 saturated heterocycles. The van der Waals surface area contributed by atoms with Crippen LogP contribution in [0.5, 0.6) is 0 Å². The minimum Gasteiger partial charge on any atom is -0.477 e. The summed E-state index contributed by atoms with van der Waals surface area (Å²) in [6, 6.07) is 7.72. The molecule has 0 saturated carbocycles. The molecule has 2 aromatic rings. The molecule has 1 aliphatic rings. The van der Waals surface area contributed by atoms with Gasteiger partial charge in [-0.2, -0.15) is 0 Å². The number of rotatable bonds is 2. The van der Waals surface area contributed by atoms with E-state index in [9.17, 15) is 4.79 Å². The Bertz CT molecular complexity index is 582. The molecule has 3 rings (SSSR count). The Morgan fingerprint density at radius 2 is 2.00 bits per heavy atom. The van der Waals surface area contributed by atoms with Crippen molar-refractivity contribution in [1.82, 2.24) is 4.98 Å². The number of aromatic amines is 1. The zero-order valence-electron chi connectivity index (χ0n) is 10.1. The zero-order valence-corrected chi connectivity index (χ0v) is 10.1. The van der Waals surface area contributed by atoms with Gasteiger partial charge >= 0.3 is 5.97 Å². The Balaban J connectivity index is 2.07. The van der Waals surface area contributed by atoms with Gasteiger partial charge in [0.2, 0.25) is 0 Å². The topological polar surface area (TPSA) is 56.3 Å². The lowest BCUT2D eigenvalue weighted by Gasteiger charge is -2.29. The lowest BCUT2D eigenvalue weighted by molar-refractivity contribution is 0.0691. The second-order valence-electron chi connectivity index (χ2n) is 4.77. The number of aromatic carboxylic acids is 1. The molecule has 1 aromatic heterocycles. The molecule has 0 atom stereocenters. The van der Waals surface area contributed by atoms with Crippen molar-refractivity contribution < 1.29 is 9.90 Å². The van der Waals surface area contributed by atoms with E-state index < -0.39 is 5.97 Å². The van der Waals surface area contributed by atoms with E-state index in [-0.39, 0.29) is 5.69 Å². The average molecular weight is 244 g/mol. The summed E-state index contributed by atoms with van der Waals surface area (Å²) in [5, 5.41) is 10.1. The van der Waals surface area contributed by atoms with Gasteiger partial charge in [0.25, 0.3) is 0 Å². The highest BCUT2D eigenvalue weighted by Crippen LogP contribution is 2.29. The highest BCUT2D eigenvalue weighted by Gasteiger charge is 2.16. The number of benzene rings is 1. The van der Waals surface area contributed by atoms with Crippen LogP contribution in [-0.4, -0.2) is 29.1 Å². The Hall–Kier alpha value is -1.97. The standard InChI is InChI=1S/C14H16N2O2/c17-14(18)12-9-10-11(15-12)5-4-6-13(10)16-7-2-1-3-8-16/h4-6,9,15H,1-3,7-8H2,(H,17,18). The quantitative estimate of drug-likeness (QED) is 0.854.